The molecule has 7 heteroatoms. The third-order valence-corrected chi connectivity index (χ3v) is 3.11. The molecule has 1 N–H and O–H groups in total. The number of carbonyl (C=O) groups excluding carboxylic acids is 2. The molecule has 0 spiro atoms. The molecule has 1 amide bonds. The van der Waals surface area contributed by atoms with E-state index in [9.17, 15) is 14.0 Å². The Bertz CT molecular complexity index is 668. The van der Waals surface area contributed by atoms with E-state index in [1.54, 1.807) is 0 Å². The summed E-state index contributed by atoms with van der Waals surface area (Å²) in [6, 6.07) is 5.09. The van der Waals surface area contributed by atoms with Crippen LogP contribution in [0.1, 0.15) is 20.7 Å². The Kier molecular flexibility index (Phi) is 4.19. The minimum atomic E-state index is -0.817. The molecule has 0 atom stereocenters. The molecule has 0 aliphatic heterocycles. The van der Waals surface area contributed by atoms with Crippen molar-refractivity contribution >= 4 is 33.5 Å². The molecule has 5 nitrogen and oxygen atoms in total. The van der Waals surface area contributed by atoms with Crippen LogP contribution in [-0.4, -0.2) is 19.0 Å². The van der Waals surface area contributed by atoms with Crippen molar-refractivity contribution in [2.75, 3.05) is 12.4 Å². The Morgan fingerprint density at radius 3 is 2.65 bits per heavy atom. The molecular weight excluding hydrogens is 333 g/mol. The maximum absolute atomic E-state index is 13.4. The Balaban J connectivity index is 2.24. The van der Waals surface area contributed by atoms with Crippen LogP contribution in [0.15, 0.2) is 39.6 Å². The minimum Gasteiger partial charge on any atom is -0.465 e. The van der Waals surface area contributed by atoms with Crippen LogP contribution >= 0.6 is 15.9 Å². The van der Waals surface area contributed by atoms with Gasteiger partial charge in [-0.1, -0.05) is 0 Å². The Hall–Kier alpha value is -2.15. The zero-order chi connectivity index (χ0) is 14.7. The number of esters is 1. The van der Waals surface area contributed by atoms with Crippen molar-refractivity contribution in [1.29, 1.82) is 0 Å². The first kappa shape index (κ1) is 14.3. The van der Waals surface area contributed by atoms with E-state index in [0.717, 1.165) is 13.2 Å². The summed E-state index contributed by atoms with van der Waals surface area (Å²) in [7, 11) is 1.15. The Morgan fingerprint density at radius 1 is 1.30 bits per heavy atom. The first-order chi connectivity index (χ1) is 9.52. The number of carbonyl (C=O) groups is 2. The van der Waals surface area contributed by atoms with Gasteiger partial charge in [0.15, 0.2) is 4.67 Å². The third-order valence-electron chi connectivity index (χ3n) is 2.49. The highest BCUT2D eigenvalue weighted by Crippen LogP contribution is 2.20. The molecule has 0 fully saturated rings. The quantitative estimate of drug-likeness (QED) is 0.870. The van der Waals surface area contributed by atoms with Gasteiger partial charge in [-0.2, -0.15) is 0 Å². The standard InChI is InChI=1S/C13H9BrFNO4/c1-19-13(18)9-6-7(2-3-10(9)15)16-12(17)8-4-5-20-11(8)14/h2-6H,1H3,(H,16,17). The zero-order valence-electron chi connectivity index (χ0n) is 10.3. The topological polar surface area (TPSA) is 68.5 Å². The number of ether oxygens (including phenoxy) is 1. The van der Waals surface area contributed by atoms with Gasteiger partial charge in [-0.15, -0.1) is 0 Å². The monoisotopic (exact) mass is 341 g/mol. The van der Waals surface area contributed by atoms with E-state index in [4.69, 9.17) is 4.42 Å². The molecule has 0 bridgehead atoms. The molecule has 0 saturated carbocycles. The molecule has 0 radical (unpaired) electrons. The van der Waals surface area contributed by atoms with Gasteiger partial charge in [0.2, 0.25) is 0 Å². The molecule has 1 heterocycles. The molecule has 0 aliphatic carbocycles. The van der Waals surface area contributed by atoms with Gasteiger partial charge in [0.05, 0.1) is 24.5 Å². The van der Waals surface area contributed by atoms with Gasteiger partial charge in [0.25, 0.3) is 5.91 Å². The lowest BCUT2D eigenvalue weighted by atomic mass is 10.2. The number of amides is 1. The summed E-state index contributed by atoms with van der Waals surface area (Å²) in [5, 5.41) is 2.53. The predicted octanol–water partition coefficient (Wildman–Crippen LogP) is 3.22. The number of anilines is 1. The fourth-order valence-corrected chi connectivity index (χ4v) is 1.94. The van der Waals surface area contributed by atoms with Crippen LogP contribution in [0.2, 0.25) is 0 Å². The third kappa shape index (κ3) is 2.88. The van der Waals surface area contributed by atoms with Gasteiger partial charge in [0, 0.05) is 5.69 Å². The minimum absolute atomic E-state index is 0.253. The van der Waals surface area contributed by atoms with Crippen molar-refractivity contribution in [3.8, 4) is 0 Å². The number of furan rings is 1. The van der Waals surface area contributed by atoms with Crippen LogP contribution < -0.4 is 5.32 Å². The molecule has 0 saturated heterocycles. The molecule has 0 aliphatic rings. The molecule has 0 unspecified atom stereocenters. The van der Waals surface area contributed by atoms with Crippen LogP contribution in [0, 0.1) is 5.82 Å². The highest BCUT2D eigenvalue weighted by atomic mass is 79.9. The van der Waals surface area contributed by atoms with E-state index in [1.807, 2.05) is 0 Å². The summed E-state index contributed by atoms with van der Waals surface area (Å²) < 4.78 is 23.1. The van der Waals surface area contributed by atoms with E-state index in [0.29, 0.717) is 0 Å². The van der Waals surface area contributed by atoms with Crippen molar-refractivity contribution in [3.63, 3.8) is 0 Å². The summed E-state index contributed by atoms with van der Waals surface area (Å²) in [5.41, 5.74) is 0.301. The lowest BCUT2D eigenvalue weighted by Gasteiger charge is -2.07. The first-order valence-corrected chi connectivity index (χ1v) is 6.24. The van der Waals surface area contributed by atoms with E-state index >= 15 is 0 Å². The van der Waals surface area contributed by atoms with Crippen LogP contribution in [-0.2, 0) is 4.74 Å². The lowest BCUT2D eigenvalue weighted by Crippen LogP contribution is -2.13. The van der Waals surface area contributed by atoms with Crippen LogP contribution in [0.3, 0.4) is 0 Å². The summed E-state index contributed by atoms with van der Waals surface area (Å²) in [4.78, 5) is 23.3. The van der Waals surface area contributed by atoms with E-state index in [1.165, 1.54) is 24.5 Å². The fraction of sp³-hybridized carbons (Fsp3) is 0.0769. The van der Waals surface area contributed by atoms with E-state index in [2.05, 4.69) is 26.0 Å². The van der Waals surface area contributed by atoms with Crippen molar-refractivity contribution in [2.45, 2.75) is 0 Å². The number of rotatable bonds is 3. The summed E-state index contributed by atoms with van der Waals surface area (Å²) in [6.45, 7) is 0. The summed E-state index contributed by atoms with van der Waals surface area (Å²) >= 11 is 3.08. The largest absolute Gasteiger partial charge is 0.465 e. The molecular formula is C13H9BrFNO4. The number of benzene rings is 1. The number of methoxy groups -OCH3 is 1. The predicted molar refractivity (Wildman–Crippen MR) is 72.1 cm³/mol. The van der Waals surface area contributed by atoms with Crippen molar-refractivity contribution in [2.24, 2.45) is 0 Å². The summed E-state index contributed by atoms with van der Waals surface area (Å²) in [5.74, 6) is -1.99. The Labute approximate surface area is 121 Å². The van der Waals surface area contributed by atoms with Gasteiger partial charge in [-0.05, 0) is 40.2 Å². The second-order valence-corrected chi connectivity index (χ2v) is 4.47. The van der Waals surface area contributed by atoms with Gasteiger partial charge in [-0.25, -0.2) is 9.18 Å². The van der Waals surface area contributed by atoms with Gasteiger partial charge < -0.3 is 14.5 Å². The molecule has 1 aromatic heterocycles. The smallest absolute Gasteiger partial charge is 0.340 e. The van der Waals surface area contributed by atoms with Gasteiger partial charge in [0.1, 0.15) is 5.82 Å². The second kappa shape index (κ2) is 5.87. The first-order valence-electron chi connectivity index (χ1n) is 5.45. The number of nitrogens with one attached hydrogen (secondary N) is 1. The molecule has 1 aromatic carbocycles. The molecule has 20 heavy (non-hydrogen) atoms. The maximum Gasteiger partial charge on any atom is 0.340 e. The maximum atomic E-state index is 13.4. The lowest BCUT2D eigenvalue weighted by molar-refractivity contribution is 0.0595. The second-order valence-electron chi connectivity index (χ2n) is 3.75. The SMILES string of the molecule is COC(=O)c1cc(NC(=O)c2ccoc2Br)ccc1F. The van der Waals surface area contributed by atoms with Gasteiger partial charge in [-0.3, -0.25) is 4.79 Å². The average molecular weight is 342 g/mol. The number of hydrogen-bond donors (Lipinski definition) is 1. The van der Waals surface area contributed by atoms with Gasteiger partial charge >= 0.3 is 5.97 Å². The average Bonchev–Trinajstić information content (AvgIpc) is 2.86. The molecule has 2 rings (SSSR count). The summed E-state index contributed by atoms with van der Waals surface area (Å²) in [6.07, 6.45) is 1.35. The van der Waals surface area contributed by atoms with E-state index in [-0.39, 0.29) is 21.5 Å². The number of halogens is 2. The van der Waals surface area contributed by atoms with Crippen molar-refractivity contribution in [3.05, 3.63) is 52.1 Å². The van der Waals surface area contributed by atoms with Crippen molar-refractivity contribution in [1.82, 2.24) is 0 Å². The molecule has 2 aromatic rings. The highest BCUT2D eigenvalue weighted by molar-refractivity contribution is 9.10. The molecule has 104 valence electrons. The van der Waals surface area contributed by atoms with Crippen LogP contribution in [0.25, 0.3) is 0 Å². The Morgan fingerprint density at radius 2 is 2.05 bits per heavy atom. The number of hydrogen-bond acceptors (Lipinski definition) is 4. The van der Waals surface area contributed by atoms with E-state index < -0.39 is 17.7 Å². The van der Waals surface area contributed by atoms with Crippen LogP contribution in [0.5, 0.6) is 0 Å². The normalized spacial score (nSPS) is 10.2. The fourth-order valence-electron chi connectivity index (χ4n) is 1.52. The zero-order valence-corrected chi connectivity index (χ0v) is 11.9. The van der Waals surface area contributed by atoms with Crippen LogP contribution in [0.4, 0.5) is 10.1 Å². The van der Waals surface area contributed by atoms with Crippen molar-refractivity contribution < 1.29 is 23.1 Å². The highest BCUT2D eigenvalue weighted by Gasteiger charge is 2.16.